The molecule has 0 unspecified atom stereocenters. The summed E-state index contributed by atoms with van der Waals surface area (Å²) < 4.78 is 0. The van der Waals surface area contributed by atoms with E-state index < -0.39 is 0 Å². The van der Waals surface area contributed by atoms with Crippen molar-refractivity contribution in [3.05, 3.63) is 19.6 Å². The van der Waals surface area contributed by atoms with Crippen molar-refractivity contribution in [3.63, 3.8) is 0 Å². The van der Waals surface area contributed by atoms with Crippen molar-refractivity contribution < 1.29 is 17.0 Å². The van der Waals surface area contributed by atoms with Crippen molar-refractivity contribution in [2.75, 3.05) is 0 Å². The van der Waals surface area contributed by atoms with Crippen LogP contribution in [-0.2, 0) is 0 Å². The van der Waals surface area contributed by atoms with Crippen LogP contribution in [0.3, 0.4) is 0 Å². The molecular weight excluding hydrogens is 188 g/mol. The fourth-order valence-electron chi connectivity index (χ4n) is 0.391. The monoisotopic (exact) mass is 200 g/mol. The summed E-state index contributed by atoms with van der Waals surface area (Å²) in [7, 11) is 0. The molecule has 0 radical (unpaired) electrons. The smallest absolute Gasteiger partial charge is 1.00 e. The summed E-state index contributed by atoms with van der Waals surface area (Å²) in [5.41, 5.74) is 0.182. The van der Waals surface area contributed by atoms with Gasteiger partial charge in [0.15, 0.2) is 0 Å². The van der Waals surface area contributed by atoms with Gasteiger partial charge in [-0.2, -0.15) is 5.41 Å². The first kappa shape index (κ1) is 16.5. The molecule has 0 saturated carbocycles. The van der Waals surface area contributed by atoms with Gasteiger partial charge in [0, 0.05) is 0 Å². The average Bonchev–Trinajstić information content (AvgIpc) is 1.30. The van der Waals surface area contributed by atoms with Crippen molar-refractivity contribution in [1.82, 2.24) is 0 Å². The van der Waals surface area contributed by atoms with Gasteiger partial charge in [-0.3, -0.25) is 0 Å². The van der Waals surface area contributed by atoms with E-state index in [0.717, 1.165) is 6.42 Å². The SMILES string of the molecule is C=CCC([CH2-])(C)C.[Br-].[Mg+2]. The Hall–Kier alpha value is 0.986. The Bertz CT molecular complexity index is 63.8. The van der Waals surface area contributed by atoms with Gasteiger partial charge in [0.1, 0.15) is 0 Å². The van der Waals surface area contributed by atoms with Gasteiger partial charge in [0.25, 0.3) is 0 Å². The van der Waals surface area contributed by atoms with E-state index in [4.69, 9.17) is 0 Å². The van der Waals surface area contributed by atoms with Gasteiger partial charge in [-0.05, 0) is 0 Å². The van der Waals surface area contributed by atoms with Crippen molar-refractivity contribution in [1.29, 1.82) is 0 Å². The molecule has 0 nitrogen and oxygen atoms in total. The van der Waals surface area contributed by atoms with Crippen LogP contribution in [0.4, 0.5) is 0 Å². The minimum Gasteiger partial charge on any atom is -1.00 e. The molecule has 0 fully saturated rings. The summed E-state index contributed by atoms with van der Waals surface area (Å²) >= 11 is 0. The van der Waals surface area contributed by atoms with E-state index in [0.29, 0.717) is 0 Å². The maximum atomic E-state index is 3.89. The number of hydrogen-bond acceptors (Lipinski definition) is 0. The number of allylic oxidation sites excluding steroid dienone is 1. The van der Waals surface area contributed by atoms with Crippen LogP contribution in [0.2, 0.25) is 0 Å². The minimum atomic E-state index is 0. The van der Waals surface area contributed by atoms with E-state index in [2.05, 4.69) is 27.4 Å². The molecule has 0 rings (SSSR count). The molecule has 0 aromatic carbocycles. The molecule has 0 N–H and O–H groups in total. The van der Waals surface area contributed by atoms with E-state index >= 15 is 0 Å². The van der Waals surface area contributed by atoms with Crippen molar-refractivity contribution in [3.8, 4) is 0 Å². The molecule has 0 bridgehead atoms. The molecule has 0 heterocycles. The standard InChI is InChI=1S/C7H13.BrH.Mg/c1-5-6-7(2,3)4;;/h5H,1-2,6H2,3-4H3;1H;/q-1;;+2/p-1. The Morgan fingerprint density at radius 1 is 1.56 bits per heavy atom. The number of halogens is 1. The van der Waals surface area contributed by atoms with Gasteiger partial charge in [-0.15, -0.1) is 6.58 Å². The van der Waals surface area contributed by atoms with Crippen LogP contribution < -0.4 is 17.0 Å². The van der Waals surface area contributed by atoms with Crippen LogP contribution in [0.5, 0.6) is 0 Å². The molecule has 0 spiro atoms. The van der Waals surface area contributed by atoms with Gasteiger partial charge in [-0.25, -0.2) is 0 Å². The maximum absolute atomic E-state index is 3.89. The molecular formula is C7H13BrMg. The number of hydrogen-bond donors (Lipinski definition) is 0. The third-order valence-electron chi connectivity index (χ3n) is 0.697. The molecule has 9 heavy (non-hydrogen) atoms. The molecule has 2 heteroatoms. The molecule has 0 aliphatic rings. The van der Waals surface area contributed by atoms with Crippen LogP contribution in [0, 0.1) is 12.3 Å². The Kier molecular flexibility index (Phi) is 13.0. The van der Waals surface area contributed by atoms with E-state index in [9.17, 15) is 0 Å². The molecule has 0 saturated heterocycles. The molecule has 0 amide bonds. The van der Waals surface area contributed by atoms with Crippen molar-refractivity contribution in [2.45, 2.75) is 20.3 Å². The molecule has 0 aromatic rings. The summed E-state index contributed by atoms with van der Waals surface area (Å²) in [5, 5.41) is 0. The van der Waals surface area contributed by atoms with Crippen LogP contribution >= 0.6 is 0 Å². The minimum absolute atomic E-state index is 0. The zero-order valence-corrected chi connectivity index (χ0v) is 9.28. The Labute approximate surface area is 85.0 Å². The molecule has 0 aliphatic carbocycles. The van der Waals surface area contributed by atoms with E-state index in [1.165, 1.54) is 0 Å². The fraction of sp³-hybridized carbons (Fsp3) is 0.571. The van der Waals surface area contributed by atoms with Gasteiger partial charge in [0.2, 0.25) is 0 Å². The quantitative estimate of drug-likeness (QED) is 0.307. The largest absolute Gasteiger partial charge is 2.00 e. The second kappa shape index (κ2) is 7.10. The van der Waals surface area contributed by atoms with Crippen molar-refractivity contribution in [2.24, 2.45) is 5.41 Å². The first-order valence-electron chi connectivity index (χ1n) is 2.52. The van der Waals surface area contributed by atoms with E-state index in [1.54, 1.807) is 0 Å². The second-order valence-electron chi connectivity index (χ2n) is 2.66. The van der Waals surface area contributed by atoms with Gasteiger partial charge >= 0.3 is 23.1 Å². The molecule has 50 valence electrons. The first-order chi connectivity index (χ1) is 3.06. The van der Waals surface area contributed by atoms with Crippen molar-refractivity contribution >= 4 is 23.1 Å². The zero-order chi connectivity index (χ0) is 5.91. The number of rotatable bonds is 2. The molecule has 0 aliphatic heterocycles. The van der Waals surface area contributed by atoms with Gasteiger partial charge in [-0.1, -0.05) is 26.3 Å². The Morgan fingerprint density at radius 2 is 1.89 bits per heavy atom. The third kappa shape index (κ3) is 17.6. The zero-order valence-electron chi connectivity index (χ0n) is 6.28. The van der Waals surface area contributed by atoms with Crippen LogP contribution in [0.1, 0.15) is 20.3 Å². The topological polar surface area (TPSA) is 0 Å². The normalized spacial score (nSPS) is 8.78. The van der Waals surface area contributed by atoms with Gasteiger partial charge < -0.3 is 23.9 Å². The fourth-order valence-corrected chi connectivity index (χ4v) is 0.391. The van der Waals surface area contributed by atoms with E-state index in [1.807, 2.05) is 6.08 Å². The second-order valence-corrected chi connectivity index (χ2v) is 2.66. The third-order valence-corrected chi connectivity index (χ3v) is 0.697. The first-order valence-corrected chi connectivity index (χ1v) is 2.52. The Morgan fingerprint density at radius 3 is 1.89 bits per heavy atom. The summed E-state index contributed by atoms with van der Waals surface area (Å²) in [4.78, 5) is 0. The summed E-state index contributed by atoms with van der Waals surface area (Å²) in [6.45, 7) is 11.7. The summed E-state index contributed by atoms with van der Waals surface area (Å²) in [6, 6.07) is 0. The predicted octanol–water partition coefficient (Wildman–Crippen LogP) is -0.954. The van der Waals surface area contributed by atoms with Crippen LogP contribution in [0.25, 0.3) is 0 Å². The maximum Gasteiger partial charge on any atom is 2.00 e. The molecule has 0 atom stereocenters. The summed E-state index contributed by atoms with van der Waals surface area (Å²) in [5.74, 6) is 0. The molecule has 0 aromatic heterocycles. The predicted molar refractivity (Wildman–Crippen MR) is 39.7 cm³/mol. The van der Waals surface area contributed by atoms with Crippen LogP contribution in [0.15, 0.2) is 12.7 Å². The van der Waals surface area contributed by atoms with Gasteiger partial charge in [0.05, 0.1) is 0 Å². The van der Waals surface area contributed by atoms with E-state index in [-0.39, 0.29) is 45.4 Å². The van der Waals surface area contributed by atoms with Crippen LogP contribution in [-0.4, -0.2) is 23.1 Å². The average molecular weight is 201 g/mol. The Balaban J connectivity index is -0.000000180. The summed E-state index contributed by atoms with van der Waals surface area (Å²) in [6.07, 6.45) is 2.89.